The Hall–Kier alpha value is -2.02. The molecule has 0 spiro atoms. The standard InChI is InChI=1S/C13H14N2O2/c1-9-2-4-11(5-3-9)15-13(8-14)6-10(7-13)12(16)17/h2-5,10,15H,6-7H2,1H3,(H,16,17). The van der Waals surface area contributed by atoms with Gasteiger partial charge in [-0.3, -0.25) is 4.79 Å². The van der Waals surface area contributed by atoms with Gasteiger partial charge < -0.3 is 10.4 Å². The van der Waals surface area contributed by atoms with Crippen molar-refractivity contribution in [3.05, 3.63) is 29.8 Å². The third kappa shape index (κ3) is 2.23. The Morgan fingerprint density at radius 1 is 1.47 bits per heavy atom. The number of hydrogen-bond donors (Lipinski definition) is 2. The first-order valence-electron chi connectivity index (χ1n) is 5.53. The van der Waals surface area contributed by atoms with Crippen molar-refractivity contribution >= 4 is 11.7 Å². The van der Waals surface area contributed by atoms with Gasteiger partial charge in [-0.15, -0.1) is 0 Å². The van der Waals surface area contributed by atoms with Crippen LogP contribution in [0.15, 0.2) is 24.3 Å². The van der Waals surface area contributed by atoms with E-state index in [0.717, 1.165) is 11.3 Å². The average molecular weight is 230 g/mol. The Morgan fingerprint density at radius 2 is 2.06 bits per heavy atom. The van der Waals surface area contributed by atoms with Crippen LogP contribution in [0.4, 0.5) is 5.69 Å². The number of aryl methyl sites for hydroxylation is 1. The molecule has 0 aromatic heterocycles. The summed E-state index contributed by atoms with van der Waals surface area (Å²) in [5.41, 5.74) is 1.30. The Morgan fingerprint density at radius 3 is 2.53 bits per heavy atom. The van der Waals surface area contributed by atoms with E-state index in [0.29, 0.717) is 12.8 Å². The summed E-state index contributed by atoms with van der Waals surface area (Å²) < 4.78 is 0. The predicted octanol–water partition coefficient (Wildman–Crippen LogP) is 2.16. The van der Waals surface area contributed by atoms with Crippen LogP contribution in [0.5, 0.6) is 0 Å². The molecule has 1 aliphatic rings. The van der Waals surface area contributed by atoms with Crippen molar-refractivity contribution in [3.8, 4) is 6.07 Å². The van der Waals surface area contributed by atoms with Crippen molar-refractivity contribution < 1.29 is 9.90 Å². The fraction of sp³-hybridized carbons (Fsp3) is 0.385. The van der Waals surface area contributed by atoms with Crippen molar-refractivity contribution in [2.45, 2.75) is 25.3 Å². The Balaban J connectivity index is 2.05. The zero-order chi connectivity index (χ0) is 12.5. The number of benzene rings is 1. The highest BCUT2D eigenvalue weighted by Crippen LogP contribution is 2.40. The van der Waals surface area contributed by atoms with E-state index in [-0.39, 0.29) is 0 Å². The Bertz CT molecular complexity index is 467. The fourth-order valence-electron chi connectivity index (χ4n) is 2.09. The highest BCUT2D eigenvalue weighted by atomic mass is 16.4. The summed E-state index contributed by atoms with van der Waals surface area (Å²) in [4.78, 5) is 10.7. The second-order valence-electron chi connectivity index (χ2n) is 4.63. The normalized spacial score (nSPS) is 26.7. The topological polar surface area (TPSA) is 73.1 Å². The Kier molecular flexibility index (Phi) is 2.76. The van der Waals surface area contributed by atoms with Crippen LogP contribution in [0.25, 0.3) is 0 Å². The van der Waals surface area contributed by atoms with Crippen LogP contribution in [0, 0.1) is 24.2 Å². The molecular weight excluding hydrogens is 216 g/mol. The van der Waals surface area contributed by atoms with Crippen LogP contribution in [0.2, 0.25) is 0 Å². The lowest BCUT2D eigenvalue weighted by Gasteiger charge is -2.41. The molecule has 0 heterocycles. The minimum Gasteiger partial charge on any atom is -0.481 e. The largest absolute Gasteiger partial charge is 0.481 e. The van der Waals surface area contributed by atoms with Crippen LogP contribution >= 0.6 is 0 Å². The molecule has 1 saturated carbocycles. The lowest BCUT2D eigenvalue weighted by Crippen LogP contribution is -2.51. The number of carbonyl (C=O) groups is 1. The van der Waals surface area contributed by atoms with Gasteiger partial charge in [0.25, 0.3) is 0 Å². The van der Waals surface area contributed by atoms with Gasteiger partial charge in [0, 0.05) is 5.69 Å². The molecule has 4 nitrogen and oxygen atoms in total. The quantitative estimate of drug-likeness (QED) is 0.834. The zero-order valence-corrected chi connectivity index (χ0v) is 9.60. The van der Waals surface area contributed by atoms with Crippen LogP contribution in [0.3, 0.4) is 0 Å². The van der Waals surface area contributed by atoms with Gasteiger partial charge in [0.1, 0.15) is 5.54 Å². The molecule has 88 valence electrons. The maximum absolute atomic E-state index is 10.7. The molecule has 17 heavy (non-hydrogen) atoms. The number of nitrogens with one attached hydrogen (secondary N) is 1. The van der Waals surface area contributed by atoms with E-state index in [4.69, 9.17) is 10.4 Å². The second kappa shape index (κ2) is 4.10. The third-order valence-corrected chi connectivity index (χ3v) is 3.19. The van der Waals surface area contributed by atoms with Gasteiger partial charge in [0.2, 0.25) is 0 Å². The van der Waals surface area contributed by atoms with Gasteiger partial charge >= 0.3 is 5.97 Å². The summed E-state index contributed by atoms with van der Waals surface area (Å²) in [5, 5.41) is 21.1. The van der Waals surface area contributed by atoms with Crippen LogP contribution in [0.1, 0.15) is 18.4 Å². The maximum Gasteiger partial charge on any atom is 0.306 e. The number of aliphatic carboxylic acids is 1. The van der Waals surface area contributed by atoms with E-state index in [1.807, 2.05) is 31.2 Å². The minimum atomic E-state index is -0.818. The average Bonchev–Trinajstić information content (AvgIpc) is 2.25. The van der Waals surface area contributed by atoms with Crippen LogP contribution < -0.4 is 5.32 Å². The number of hydrogen-bond acceptors (Lipinski definition) is 3. The highest BCUT2D eigenvalue weighted by molar-refractivity contribution is 5.73. The predicted molar refractivity (Wildman–Crippen MR) is 63.5 cm³/mol. The molecular formula is C13H14N2O2. The number of nitriles is 1. The van der Waals surface area contributed by atoms with Crippen molar-refractivity contribution in [2.24, 2.45) is 5.92 Å². The summed E-state index contributed by atoms with van der Waals surface area (Å²) in [6, 6.07) is 9.92. The molecule has 1 aromatic rings. The molecule has 1 aliphatic carbocycles. The zero-order valence-electron chi connectivity index (χ0n) is 9.60. The van der Waals surface area contributed by atoms with Crippen LogP contribution in [-0.2, 0) is 4.79 Å². The first kappa shape index (κ1) is 11.5. The van der Waals surface area contributed by atoms with Crippen molar-refractivity contribution in [3.63, 3.8) is 0 Å². The van der Waals surface area contributed by atoms with E-state index in [2.05, 4.69) is 11.4 Å². The molecule has 0 unspecified atom stereocenters. The van der Waals surface area contributed by atoms with Gasteiger partial charge in [-0.25, -0.2) is 0 Å². The molecule has 0 saturated heterocycles. The highest BCUT2D eigenvalue weighted by Gasteiger charge is 2.48. The lowest BCUT2D eigenvalue weighted by molar-refractivity contribution is -0.145. The molecule has 4 heteroatoms. The van der Waals surface area contributed by atoms with Crippen LogP contribution in [-0.4, -0.2) is 16.6 Å². The van der Waals surface area contributed by atoms with Gasteiger partial charge in [-0.05, 0) is 31.9 Å². The summed E-state index contributed by atoms with van der Waals surface area (Å²) in [6.07, 6.45) is 0.736. The van der Waals surface area contributed by atoms with E-state index < -0.39 is 17.4 Å². The van der Waals surface area contributed by atoms with Crippen molar-refractivity contribution in [1.82, 2.24) is 0 Å². The summed E-state index contributed by atoms with van der Waals surface area (Å²) >= 11 is 0. The molecule has 0 amide bonds. The van der Waals surface area contributed by atoms with Crippen molar-refractivity contribution in [2.75, 3.05) is 5.32 Å². The van der Waals surface area contributed by atoms with Crippen molar-refractivity contribution in [1.29, 1.82) is 5.26 Å². The number of carboxylic acid groups (broad SMARTS) is 1. The number of carboxylic acids is 1. The summed E-state index contributed by atoms with van der Waals surface area (Å²) in [7, 11) is 0. The minimum absolute atomic E-state index is 0.368. The first-order valence-corrected chi connectivity index (χ1v) is 5.53. The van der Waals surface area contributed by atoms with Gasteiger partial charge in [-0.2, -0.15) is 5.26 Å². The summed E-state index contributed by atoms with van der Waals surface area (Å²) in [5.74, 6) is -1.21. The van der Waals surface area contributed by atoms with E-state index in [1.54, 1.807) is 0 Å². The monoisotopic (exact) mass is 230 g/mol. The Labute approximate surface area is 99.9 Å². The first-order chi connectivity index (χ1) is 8.04. The molecule has 2 rings (SSSR count). The number of rotatable bonds is 3. The number of nitrogens with zero attached hydrogens (tertiary/aromatic N) is 1. The van der Waals surface area contributed by atoms with E-state index in [1.165, 1.54) is 0 Å². The molecule has 0 bridgehead atoms. The molecule has 2 N–H and O–H groups in total. The maximum atomic E-state index is 10.7. The molecule has 0 aliphatic heterocycles. The number of anilines is 1. The van der Waals surface area contributed by atoms with E-state index >= 15 is 0 Å². The molecule has 1 aromatic carbocycles. The van der Waals surface area contributed by atoms with Gasteiger partial charge in [0.05, 0.1) is 12.0 Å². The lowest BCUT2D eigenvalue weighted by atomic mass is 9.69. The summed E-state index contributed by atoms with van der Waals surface area (Å²) in [6.45, 7) is 1.99. The van der Waals surface area contributed by atoms with Gasteiger partial charge in [0.15, 0.2) is 0 Å². The second-order valence-corrected chi connectivity index (χ2v) is 4.63. The van der Waals surface area contributed by atoms with E-state index in [9.17, 15) is 4.79 Å². The molecule has 0 radical (unpaired) electrons. The van der Waals surface area contributed by atoms with Gasteiger partial charge in [-0.1, -0.05) is 17.7 Å². The molecule has 0 atom stereocenters. The smallest absolute Gasteiger partial charge is 0.306 e. The fourth-order valence-corrected chi connectivity index (χ4v) is 2.09. The molecule has 1 fully saturated rings. The SMILES string of the molecule is Cc1ccc(NC2(C#N)CC(C(=O)O)C2)cc1. The third-order valence-electron chi connectivity index (χ3n) is 3.19.